The van der Waals surface area contributed by atoms with Crippen LogP contribution in [0, 0.1) is 5.82 Å². The number of carbonyl (C=O) groups excluding carboxylic acids is 1. The summed E-state index contributed by atoms with van der Waals surface area (Å²) in [6.45, 7) is -0.0766. The first-order chi connectivity index (χ1) is 14.4. The predicted molar refractivity (Wildman–Crippen MR) is 110 cm³/mol. The maximum Gasteiger partial charge on any atom is 0.264 e. The van der Waals surface area contributed by atoms with Crippen molar-refractivity contribution in [2.75, 3.05) is 10.8 Å². The molecular formula is C22H19FN2O4S. The number of anilines is 1. The summed E-state index contributed by atoms with van der Waals surface area (Å²) in [6.07, 6.45) is -1.05. The third-order valence-corrected chi connectivity index (χ3v) is 6.51. The molecule has 154 valence electrons. The number of fused-ring (bicyclic) bond motifs is 1. The van der Waals surface area contributed by atoms with E-state index in [1.807, 2.05) is 0 Å². The van der Waals surface area contributed by atoms with Gasteiger partial charge in [0.15, 0.2) is 6.10 Å². The summed E-state index contributed by atoms with van der Waals surface area (Å²) in [4.78, 5) is 12.8. The first kappa shape index (κ1) is 19.9. The average molecular weight is 426 g/mol. The van der Waals surface area contributed by atoms with E-state index in [0.29, 0.717) is 17.0 Å². The van der Waals surface area contributed by atoms with Crippen LogP contribution in [0.2, 0.25) is 0 Å². The number of nitrogens with zero attached hydrogens (tertiary/aromatic N) is 1. The number of amides is 1. The van der Waals surface area contributed by atoms with Gasteiger partial charge in [-0.2, -0.15) is 0 Å². The van der Waals surface area contributed by atoms with E-state index in [4.69, 9.17) is 4.74 Å². The molecule has 0 spiro atoms. The Morgan fingerprint density at radius 1 is 1.03 bits per heavy atom. The summed E-state index contributed by atoms with van der Waals surface area (Å²) in [5.41, 5.74) is 0.962. The van der Waals surface area contributed by atoms with E-state index in [9.17, 15) is 17.6 Å². The van der Waals surface area contributed by atoms with Gasteiger partial charge in [-0.15, -0.1) is 0 Å². The molecule has 0 bridgehead atoms. The Labute approximate surface area is 174 Å². The zero-order valence-corrected chi connectivity index (χ0v) is 16.7. The monoisotopic (exact) mass is 426 g/mol. The maximum atomic E-state index is 13.3. The van der Waals surface area contributed by atoms with Gasteiger partial charge in [0.1, 0.15) is 11.6 Å². The lowest BCUT2D eigenvalue weighted by molar-refractivity contribution is -0.127. The van der Waals surface area contributed by atoms with Crippen LogP contribution in [0.3, 0.4) is 0 Å². The molecule has 3 aromatic rings. The van der Waals surface area contributed by atoms with Crippen LogP contribution in [-0.4, -0.2) is 27.0 Å². The second-order valence-corrected chi connectivity index (χ2v) is 8.63. The second kappa shape index (κ2) is 8.16. The lowest BCUT2D eigenvalue weighted by atomic mass is 10.2. The zero-order valence-electron chi connectivity index (χ0n) is 15.9. The van der Waals surface area contributed by atoms with Gasteiger partial charge in [-0.1, -0.05) is 42.5 Å². The minimum Gasteiger partial charge on any atom is -0.476 e. The van der Waals surface area contributed by atoms with Crippen molar-refractivity contribution in [3.63, 3.8) is 0 Å². The minimum absolute atomic E-state index is 0.101. The smallest absolute Gasteiger partial charge is 0.264 e. The zero-order chi connectivity index (χ0) is 21.1. The molecule has 1 aliphatic rings. The third-order valence-electron chi connectivity index (χ3n) is 4.71. The summed E-state index contributed by atoms with van der Waals surface area (Å²) < 4.78 is 46.8. The van der Waals surface area contributed by atoms with Gasteiger partial charge in [0.05, 0.1) is 17.1 Å². The fourth-order valence-corrected chi connectivity index (χ4v) is 4.73. The Morgan fingerprint density at radius 2 is 1.77 bits per heavy atom. The molecule has 0 aromatic heterocycles. The highest BCUT2D eigenvalue weighted by Crippen LogP contribution is 2.36. The molecule has 8 heteroatoms. The predicted octanol–water partition coefficient (Wildman–Crippen LogP) is 3.10. The first-order valence-corrected chi connectivity index (χ1v) is 10.7. The first-order valence-electron chi connectivity index (χ1n) is 9.31. The molecule has 3 aromatic carbocycles. The van der Waals surface area contributed by atoms with Gasteiger partial charge in [-0.3, -0.25) is 9.10 Å². The van der Waals surface area contributed by atoms with Crippen molar-refractivity contribution in [2.45, 2.75) is 17.5 Å². The van der Waals surface area contributed by atoms with Crippen LogP contribution in [0.15, 0.2) is 83.8 Å². The molecule has 0 aliphatic carbocycles. The number of hydrogen-bond acceptors (Lipinski definition) is 4. The molecule has 1 aliphatic heterocycles. The van der Waals surface area contributed by atoms with Gasteiger partial charge in [0, 0.05) is 6.54 Å². The number of hydrogen-bond donors (Lipinski definition) is 1. The summed E-state index contributed by atoms with van der Waals surface area (Å²) in [6, 6.07) is 20.6. The molecule has 6 nitrogen and oxygen atoms in total. The van der Waals surface area contributed by atoms with E-state index in [1.165, 1.54) is 28.6 Å². The van der Waals surface area contributed by atoms with E-state index in [-0.39, 0.29) is 18.0 Å². The highest BCUT2D eigenvalue weighted by molar-refractivity contribution is 7.92. The van der Waals surface area contributed by atoms with Crippen LogP contribution >= 0.6 is 0 Å². The minimum atomic E-state index is -3.89. The molecule has 1 amide bonds. The summed E-state index contributed by atoms with van der Waals surface area (Å²) in [5.74, 6) is -0.582. The number of benzene rings is 3. The summed E-state index contributed by atoms with van der Waals surface area (Å²) >= 11 is 0. The molecule has 1 atom stereocenters. The number of ether oxygens (including phenoxy) is 1. The summed E-state index contributed by atoms with van der Waals surface area (Å²) in [7, 11) is -3.89. The maximum absolute atomic E-state index is 13.3. The van der Waals surface area contributed by atoms with E-state index >= 15 is 0 Å². The second-order valence-electron chi connectivity index (χ2n) is 6.77. The summed E-state index contributed by atoms with van der Waals surface area (Å²) in [5, 5.41) is 2.69. The Bertz CT molecular complexity index is 1170. The average Bonchev–Trinajstić information content (AvgIpc) is 2.77. The van der Waals surface area contributed by atoms with E-state index < -0.39 is 27.9 Å². The molecule has 30 heavy (non-hydrogen) atoms. The van der Waals surface area contributed by atoms with Crippen LogP contribution in [0.1, 0.15) is 5.56 Å². The third kappa shape index (κ3) is 3.99. The molecule has 1 N–H and O–H groups in total. The number of carbonyl (C=O) groups is 1. The number of sulfonamides is 1. The molecule has 1 unspecified atom stereocenters. The van der Waals surface area contributed by atoms with Crippen molar-refractivity contribution in [1.82, 2.24) is 5.32 Å². The van der Waals surface area contributed by atoms with Gasteiger partial charge in [-0.05, 0) is 42.0 Å². The van der Waals surface area contributed by atoms with Crippen molar-refractivity contribution < 1.29 is 22.3 Å². The Balaban J connectivity index is 1.59. The number of halogens is 1. The van der Waals surface area contributed by atoms with E-state index in [0.717, 1.165) is 0 Å². The number of nitrogens with one attached hydrogen (secondary N) is 1. The highest BCUT2D eigenvalue weighted by atomic mass is 32.2. The number of rotatable bonds is 5. The molecule has 0 fully saturated rings. The van der Waals surface area contributed by atoms with Crippen molar-refractivity contribution >= 4 is 21.6 Å². The largest absolute Gasteiger partial charge is 0.476 e. The van der Waals surface area contributed by atoms with Gasteiger partial charge >= 0.3 is 0 Å². The Morgan fingerprint density at radius 3 is 2.53 bits per heavy atom. The Hall–Kier alpha value is -3.39. The van der Waals surface area contributed by atoms with E-state index in [2.05, 4.69) is 5.32 Å². The standard InChI is InChI=1S/C22H19FN2O4S/c23-17-8-6-7-16(13-17)14-24-22(26)21-15-25(19-11-4-5-12-20(19)29-21)30(27,28)18-9-2-1-3-10-18/h1-13,21H,14-15H2,(H,24,26). The molecule has 4 rings (SSSR count). The lowest BCUT2D eigenvalue weighted by Gasteiger charge is -2.34. The van der Waals surface area contributed by atoms with Crippen LogP contribution in [0.25, 0.3) is 0 Å². The molecular weight excluding hydrogens is 407 g/mol. The van der Waals surface area contributed by atoms with Gasteiger partial charge < -0.3 is 10.1 Å². The highest BCUT2D eigenvalue weighted by Gasteiger charge is 2.37. The van der Waals surface area contributed by atoms with Crippen molar-refractivity contribution in [2.24, 2.45) is 0 Å². The van der Waals surface area contributed by atoms with Crippen molar-refractivity contribution in [1.29, 1.82) is 0 Å². The van der Waals surface area contributed by atoms with Gasteiger partial charge in [0.25, 0.3) is 15.9 Å². The quantitative estimate of drug-likeness (QED) is 0.680. The lowest BCUT2D eigenvalue weighted by Crippen LogP contribution is -2.50. The van der Waals surface area contributed by atoms with Gasteiger partial charge in [-0.25, -0.2) is 12.8 Å². The van der Waals surface area contributed by atoms with Crippen LogP contribution in [0.5, 0.6) is 5.75 Å². The van der Waals surface area contributed by atoms with Crippen molar-refractivity contribution in [3.8, 4) is 5.75 Å². The van der Waals surface area contributed by atoms with Crippen LogP contribution in [-0.2, 0) is 21.4 Å². The number of para-hydroxylation sites is 2. The molecule has 1 heterocycles. The SMILES string of the molecule is O=C(NCc1cccc(F)c1)C1CN(S(=O)(=O)c2ccccc2)c2ccccc2O1. The van der Waals surface area contributed by atoms with E-state index in [1.54, 1.807) is 54.6 Å². The Kier molecular flexibility index (Phi) is 5.41. The fourth-order valence-electron chi connectivity index (χ4n) is 3.24. The molecule has 0 radical (unpaired) electrons. The topological polar surface area (TPSA) is 75.7 Å². The molecule has 0 saturated heterocycles. The fraction of sp³-hybridized carbons (Fsp3) is 0.136. The molecule has 0 saturated carbocycles. The van der Waals surface area contributed by atoms with Gasteiger partial charge in [0.2, 0.25) is 0 Å². The van der Waals surface area contributed by atoms with Crippen LogP contribution in [0.4, 0.5) is 10.1 Å². The normalized spacial score (nSPS) is 15.8. The van der Waals surface area contributed by atoms with Crippen LogP contribution < -0.4 is 14.4 Å². The van der Waals surface area contributed by atoms with Crippen molar-refractivity contribution in [3.05, 3.63) is 90.2 Å².